The van der Waals surface area contributed by atoms with E-state index in [1.54, 1.807) is 0 Å². The molecule has 4 heteroatoms. The number of hydrogen-bond donors (Lipinski definition) is 0. The molecule has 0 N–H and O–H groups in total. The number of fused-ring (bicyclic) bond motifs is 1. The third-order valence-electron chi connectivity index (χ3n) is 3.13. The fourth-order valence-electron chi connectivity index (χ4n) is 1.90. The van der Waals surface area contributed by atoms with E-state index in [1.165, 1.54) is 0 Å². The molecule has 0 aliphatic rings. The van der Waals surface area contributed by atoms with Crippen molar-refractivity contribution in [1.82, 2.24) is 4.98 Å². The Kier molecular flexibility index (Phi) is 4.37. The van der Waals surface area contributed by atoms with Crippen molar-refractivity contribution in [1.29, 1.82) is 0 Å². The number of pyridine rings is 1. The summed E-state index contributed by atoms with van der Waals surface area (Å²) in [5.74, 6) is 0. The van der Waals surface area contributed by atoms with E-state index in [0.29, 0.717) is 5.04 Å². The normalized spacial score (nSPS) is 13.5. The lowest BCUT2D eigenvalue weighted by molar-refractivity contribution is 0.105. The van der Waals surface area contributed by atoms with Crippen LogP contribution in [0.15, 0.2) is 34.8 Å². The molecule has 0 aliphatic carbocycles. The highest BCUT2D eigenvalue weighted by molar-refractivity contribution is 9.10. The Morgan fingerprint density at radius 2 is 1.75 bits per heavy atom. The Balaban J connectivity index is 2.29. The van der Waals surface area contributed by atoms with E-state index in [4.69, 9.17) is 9.41 Å². The zero-order valence-corrected chi connectivity index (χ0v) is 15.8. The molecule has 2 rings (SSSR count). The second-order valence-corrected chi connectivity index (χ2v) is 10.5. The van der Waals surface area contributed by atoms with Gasteiger partial charge in [-0.2, -0.15) is 0 Å². The molecule has 20 heavy (non-hydrogen) atoms. The second kappa shape index (κ2) is 5.58. The molecule has 1 heterocycles. The lowest BCUT2D eigenvalue weighted by Gasteiger charge is -2.29. The summed E-state index contributed by atoms with van der Waals surface area (Å²) in [7, 11) is -0.604. The minimum absolute atomic E-state index is 0.291. The monoisotopic (exact) mass is 351 g/mol. The van der Waals surface area contributed by atoms with Gasteiger partial charge in [0, 0.05) is 9.86 Å². The van der Waals surface area contributed by atoms with Crippen LogP contribution in [0.25, 0.3) is 10.9 Å². The topological polar surface area (TPSA) is 22.1 Å². The van der Waals surface area contributed by atoms with Gasteiger partial charge in [0.05, 0.1) is 16.8 Å². The number of hydrogen-bond acceptors (Lipinski definition) is 2. The maximum absolute atomic E-state index is 6.22. The maximum atomic E-state index is 6.22. The van der Waals surface area contributed by atoms with Gasteiger partial charge in [-0.1, -0.05) is 42.8 Å². The van der Waals surface area contributed by atoms with Crippen molar-refractivity contribution < 1.29 is 4.43 Å². The van der Waals surface area contributed by atoms with Gasteiger partial charge < -0.3 is 4.43 Å². The molecule has 0 unspecified atom stereocenters. The van der Waals surface area contributed by atoms with E-state index in [0.717, 1.165) is 21.1 Å². The summed E-state index contributed by atoms with van der Waals surface area (Å²) in [5.41, 5.74) is 1.70. The van der Waals surface area contributed by atoms with E-state index in [1.807, 2.05) is 12.1 Å². The van der Waals surface area contributed by atoms with E-state index in [9.17, 15) is 0 Å². The van der Waals surface area contributed by atoms with Crippen LogP contribution in [0.5, 0.6) is 0 Å². The molecule has 0 bridgehead atoms. The van der Waals surface area contributed by atoms with Gasteiger partial charge in [-0.3, -0.25) is 0 Å². The Bertz CT molecular complexity index is 619. The van der Waals surface area contributed by atoms with Crippen molar-refractivity contribution in [3.05, 3.63) is 40.5 Å². The summed E-state index contributed by atoms with van der Waals surface area (Å²) in [4.78, 5) is 4.77. The highest BCUT2D eigenvalue weighted by atomic mass is 79.9. The van der Waals surface area contributed by atoms with Crippen LogP contribution in [-0.4, -0.2) is 14.7 Å². The molecule has 108 valence electrons. The zero-order valence-electron chi connectivity index (χ0n) is 12.8. The van der Waals surface area contributed by atoms with Crippen LogP contribution in [0.3, 0.4) is 0 Å². The predicted octanol–water partition coefficient (Wildman–Crippen LogP) is 4.55. The average Bonchev–Trinajstić information content (AvgIpc) is 2.35. The number of halogens is 1. The fourth-order valence-corrected chi connectivity index (χ4v) is 3.22. The summed E-state index contributed by atoms with van der Waals surface area (Å²) in [6.07, 6.45) is 0. The minimum Gasteiger partial charge on any atom is -0.413 e. The number of nitrogens with zero attached hydrogens (tertiary/aromatic N) is 1. The molecule has 2 nitrogen and oxygen atoms in total. The largest absolute Gasteiger partial charge is 0.413 e. The molecule has 0 saturated carbocycles. The first kappa shape index (κ1) is 15.7. The molecule has 0 amide bonds. The van der Waals surface area contributed by atoms with E-state index in [-0.39, 0.29) is 5.60 Å². The highest BCUT2D eigenvalue weighted by Crippen LogP contribution is 2.29. The molecular formula is C16H22BrNOSi. The zero-order chi connectivity index (χ0) is 15.0. The molecule has 0 radical (unpaired) electrons. The summed E-state index contributed by atoms with van der Waals surface area (Å²) in [5, 5.41) is 1.44. The molecule has 2 aromatic rings. The molecule has 1 aromatic heterocycles. The molecule has 1 aromatic carbocycles. The van der Waals surface area contributed by atoms with Crippen LogP contribution in [0, 0.1) is 0 Å². The smallest absolute Gasteiger partial charge is 0.168 e. The van der Waals surface area contributed by atoms with Crippen LogP contribution in [-0.2, 0) is 10.0 Å². The van der Waals surface area contributed by atoms with Gasteiger partial charge in [0.25, 0.3) is 0 Å². The van der Waals surface area contributed by atoms with Gasteiger partial charge in [-0.15, -0.1) is 0 Å². The Morgan fingerprint density at radius 3 is 2.40 bits per heavy atom. The quantitative estimate of drug-likeness (QED) is 0.756. The van der Waals surface area contributed by atoms with Gasteiger partial charge >= 0.3 is 0 Å². The first-order valence-electron chi connectivity index (χ1n) is 6.88. The van der Waals surface area contributed by atoms with Gasteiger partial charge in [0.1, 0.15) is 0 Å². The Hall–Kier alpha value is -0.713. The summed E-state index contributed by atoms with van der Waals surface area (Å²) in [6, 6.07) is 10.3. The standard InChI is InChI=1S/C16H22BrNOSi/c1-15(2,3)20-19-16(4,5)14-9-6-11-10-12(17)7-8-13(11)18-14/h6-10H,20H2,1-5H3. The third kappa shape index (κ3) is 3.90. The fraction of sp³-hybridized carbons (Fsp3) is 0.438. The van der Waals surface area contributed by atoms with Gasteiger partial charge in [0.15, 0.2) is 9.76 Å². The Morgan fingerprint density at radius 1 is 1.05 bits per heavy atom. The van der Waals surface area contributed by atoms with Crippen molar-refractivity contribution in [2.45, 2.75) is 45.3 Å². The number of aromatic nitrogens is 1. The molecule has 0 fully saturated rings. The molecule has 0 spiro atoms. The maximum Gasteiger partial charge on any atom is 0.168 e. The SMILES string of the molecule is CC(C)(C)[SiH2]OC(C)(C)c1ccc2cc(Br)ccc2n1. The van der Waals surface area contributed by atoms with Crippen LogP contribution >= 0.6 is 15.9 Å². The second-order valence-electron chi connectivity index (χ2n) is 6.89. The van der Waals surface area contributed by atoms with Crippen LogP contribution in [0.4, 0.5) is 0 Å². The van der Waals surface area contributed by atoms with Gasteiger partial charge in [-0.05, 0) is 43.2 Å². The predicted molar refractivity (Wildman–Crippen MR) is 91.8 cm³/mol. The Labute approximate surface area is 132 Å². The first-order valence-corrected chi connectivity index (χ1v) is 8.96. The van der Waals surface area contributed by atoms with Crippen molar-refractivity contribution in [2.75, 3.05) is 0 Å². The molecule has 0 atom stereocenters. The lowest BCUT2D eigenvalue weighted by Crippen LogP contribution is -2.28. The van der Waals surface area contributed by atoms with E-state index >= 15 is 0 Å². The number of benzene rings is 1. The van der Waals surface area contributed by atoms with Gasteiger partial charge in [0.2, 0.25) is 0 Å². The molecule has 0 saturated heterocycles. The molecule has 0 aliphatic heterocycles. The molecular weight excluding hydrogens is 330 g/mol. The minimum atomic E-state index is -0.604. The van der Waals surface area contributed by atoms with Gasteiger partial charge in [-0.25, -0.2) is 4.98 Å². The van der Waals surface area contributed by atoms with E-state index in [2.05, 4.69) is 68.7 Å². The summed E-state index contributed by atoms with van der Waals surface area (Å²) >= 11 is 3.49. The first-order chi connectivity index (χ1) is 9.17. The summed E-state index contributed by atoms with van der Waals surface area (Å²) < 4.78 is 7.30. The van der Waals surface area contributed by atoms with Crippen molar-refractivity contribution in [2.24, 2.45) is 0 Å². The van der Waals surface area contributed by atoms with E-state index < -0.39 is 9.76 Å². The summed E-state index contributed by atoms with van der Waals surface area (Å²) in [6.45, 7) is 10.9. The van der Waals surface area contributed by atoms with Crippen molar-refractivity contribution >= 4 is 36.6 Å². The van der Waals surface area contributed by atoms with Crippen molar-refractivity contribution in [3.8, 4) is 0 Å². The van der Waals surface area contributed by atoms with Crippen molar-refractivity contribution in [3.63, 3.8) is 0 Å². The van der Waals surface area contributed by atoms with Crippen LogP contribution < -0.4 is 0 Å². The third-order valence-corrected chi connectivity index (χ3v) is 5.36. The lowest BCUT2D eigenvalue weighted by atomic mass is 10.0. The average molecular weight is 352 g/mol. The van der Waals surface area contributed by atoms with Crippen LogP contribution in [0.1, 0.15) is 40.3 Å². The van der Waals surface area contributed by atoms with Crippen LogP contribution in [0.2, 0.25) is 5.04 Å². The number of rotatable bonds is 3. The highest BCUT2D eigenvalue weighted by Gasteiger charge is 2.25.